The maximum atomic E-state index is 12.2. The van der Waals surface area contributed by atoms with E-state index in [1.165, 1.54) is 32.1 Å². The molecule has 1 N–H and O–H groups in total. The molecule has 0 bridgehead atoms. The summed E-state index contributed by atoms with van der Waals surface area (Å²) in [7, 11) is 1.84. The molecule has 1 amide bonds. The van der Waals surface area contributed by atoms with Gasteiger partial charge in [0.05, 0.1) is 13.1 Å². The number of carbonyl (C=O) groups is 2. The Balaban J connectivity index is 2.39. The van der Waals surface area contributed by atoms with Crippen molar-refractivity contribution in [2.45, 2.75) is 45.4 Å². The van der Waals surface area contributed by atoms with Crippen LogP contribution in [0.4, 0.5) is 0 Å². The van der Waals surface area contributed by atoms with Crippen LogP contribution >= 0.6 is 0 Å². The third-order valence-electron chi connectivity index (χ3n) is 3.94. The molecule has 0 saturated heterocycles. The summed E-state index contributed by atoms with van der Waals surface area (Å²) >= 11 is 0. The molecule has 0 heterocycles. The summed E-state index contributed by atoms with van der Waals surface area (Å²) in [6, 6.07) is 0. The molecule has 0 spiro atoms. The van der Waals surface area contributed by atoms with E-state index in [1.54, 1.807) is 9.80 Å². The van der Waals surface area contributed by atoms with Crippen LogP contribution < -0.4 is 0 Å². The minimum Gasteiger partial charge on any atom is -0.480 e. The lowest BCUT2D eigenvalue weighted by atomic mass is 9.89. The van der Waals surface area contributed by atoms with Crippen LogP contribution in [0.15, 0.2) is 0 Å². The van der Waals surface area contributed by atoms with E-state index in [2.05, 4.69) is 0 Å². The highest BCUT2D eigenvalue weighted by Gasteiger charge is 2.20. The van der Waals surface area contributed by atoms with Crippen molar-refractivity contribution in [3.63, 3.8) is 0 Å². The van der Waals surface area contributed by atoms with Gasteiger partial charge in [-0.3, -0.25) is 14.5 Å². The van der Waals surface area contributed by atoms with Gasteiger partial charge in [-0.25, -0.2) is 0 Å². The minimum atomic E-state index is -0.874. The van der Waals surface area contributed by atoms with Gasteiger partial charge in [0.1, 0.15) is 0 Å². The van der Waals surface area contributed by atoms with Crippen LogP contribution in [0, 0.1) is 5.92 Å². The Hall–Kier alpha value is -1.10. The summed E-state index contributed by atoms with van der Waals surface area (Å²) in [5, 5.41) is 8.86. The Morgan fingerprint density at radius 1 is 1.15 bits per heavy atom. The van der Waals surface area contributed by atoms with E-state index in [9.17, 15) is 9.59 Å². The second-order valence-corrected chi connectivity index (χ2v) is 5.88. The number of aliphatic carboxylic acids is 1. The van der Waals surface area contributed by atoms with Gasteiger partial charge >= 0.3 is 5.97 Å². The van der Waals surface area contributed by atoms with Crippen LogP contribution in [0.1, 0.15) is 45.4 Å². The first-order valence-corrected chi connectivity index (χ1v) is 7.71. The largest absolute Gasteiger partial charge is 0.480 e. The fraction of sp³-hybridized carbons (Fsp3) is 0.867. The van der Waals surface area contributed by atoms with Crippen LogP contribution in [0.2, 0.25) is 0 Å². The lowest BCUT2D eigenvalue weighted by Gasteiger charge is -2.28. The number of carboxylic acid groups (broad SMARTS) is 1. The fourth-order valence-electron chi connectivity index (χ4n) is 2.89. The zero-order valence-corrected chi connectivity index (χ0v) is 12.8. The first-order chi connectivity index (χ1) is 9.52. The third-order valence-corrected chi connectivity index (χ3v) is 3.94. The molecule has 1 saturated carbocycles. The zero-order valence-electron chi connectivity index (χ0n) is 12.8. The molecule has 5 heteroatoms. The van der Waals surface area contributed by atoms with Gasteiger partial charge in [0.2, 0.25) is 5.91 Å². The lowest BCUT2D eigenvalue weighted by Crippen LogP contribution is -2.42. The van der Waals surface area contributed by atoms with Crippen molar-refractivity contribution in [1.29, 1.82) is 0 Å². The van der Waals surface area contributed by atoms with Crippen molar-refractivity contribution in [2.75, 3.05) is 33.2 Å². The molecule has 0 aromatic carbocycles. The Morgan fingerprint density at radius 3 is 2.35 bits per heavy atom. The van der Waals surface area contributed by atoms with Gasteiger partial charge in [-0.2, -0.15) is 0 Å². The van der Waals surface area contributed by atoms with Gasteiger partial charge in [0.15, 0.2) is 0 Å². The number of likely N-dealkylation sites (N-methyl/N-ethyl adjacent to an activating group) is 1. The number of amides is 1. The topological polar surface area (TPSA) is 60.9 Å². The number of hydrogen-bond donors (Lipinski definition) is 1. The Morgan fingerprint density at radius 2 is 1.80 bits per heavy atom. The van der Waals surface area contributed by atoms with E-state index in [0.717, 1.165) is 13.0 Å². The van der Waals surface area contributed by atoms with E-state index in [-0.39, 0.29) is 19.0 Å². The highest BCUT2D eigenvalue weighted by Crippen LogP contribution is 2.24. The molecule has 1 fully saturated rings. The summed E-state index contributed by atoms with van der Waals surface area (Å²) in [6.45, 7) is 3.60. The van der Waals surface area contributed by atoms with Crippen molar-refractivity contribution < 1.29 is 14.7 Å². The number of carbonyl (C=O) groups excluding carboxylic acids is 1. The lowest BCUT2D eigenvalue weighted by molar-refractivity contribution is -0.139. The number of hydrogen-bond acceptors (Lipinski definition) is 3. The number of nitrogens with zero attached hydrogens (tertiary/aromatic N) is 2. The second-order valence-electron chi connectivity index (χ2n) is 5.88. The molecule has 1 aliphatic carbocycles. The van der Waals surface area contributed by atoms with Gasteiger partial charge in [-0.15, -0.1) is 0 Å². The molecule has 116 valence electrons. The van der Waals surface area contributed by atoms with Crippen LogP contribution in [-0.2, 0) is 9.59 Å². The molecular formula is C15H28N2O3. The summed E-state index contributed by atoms with van der Waals surface area (Å²) in [5.74, 6) is -0.219. The maximum absolute atomic E-state index is 12.2. The second kappa shape index (κ2) is 8.95. The molecule has 0 aromatic heterocycles. The number of carboxylic acids is 1. The molecule has 5 nitrogen and oxygen atoms in total. The molecule has 0 aliphatic heterocycles. The molecule has 1 aliphatic rings. The Bertz CT molecular complexity index is 314. The molecule has 20 heavy (non-hydrogen) atoms. The van der Waals surface area contributed by atoms with E-state index in [4.69, 9.17) is 5.11 Å². The van der Waals surface area contributed by atoms with Crippen molar-refractivity contribution in [3.05, 3.63) is 0 Å². The third kappa shape index (κ3) is 6.37. The normalized spacial score (nSPS) is 16.4. The SMILES string of the molecule is CCCN(CC(=O)O)CC(=O)N(C)CC1CCCCC1. The summed E-state index contributed by atoms with van der Waals surface area (Å²) < 4.78 is 0. The molecular weight excluding hydrogens is 256 g/mol. The van der Waals surface area contributed by atoms with Crippen molar-refractivity contribution in [1.82, 2.24) is 9.80 Å². The van der Waals surface area contributed by atoms with Gasteiger partial charge in [-0.05, 0) is 31.7 Å². The monoisotopic (exact) mass is 284 g/mol. The Labute approximate surface area is 121 Å². The smallest absolute Gasteiger partial charge is 0.317 e. The Kier molecular flexibility index (Phi) is 7.59. The van der Waals surface area contributed by atoms with Gasteiger partial charge in [0.25, 0.3) is 0 Å². The zero-order chi connectivity index (χ0) is 15.0. The standard InChI is InChI=1S/C15H28N2O3/c1-3-9-17(12-15(19)20)11-14(18)16(2)10-13-7-5-4-6-8-13/h13H,3-12H2,1-2H3,(H,19,20). The minimum absolute atomic E-state index is 0.0327. The van der Waals surface area contributed by atoms with Crippen molar-refractivity contribution in [3.8, 4) is 0 Å². The summed E-state index contributed by atoms with van der Waals surface area (Å²) in [4.78, 5) is 26.4. The average molecular weight is 284 g/mol. The first kappa shape index (κ1) is 17.0. The quantitative estimate of drug-likeness (QED) is 0.738. The fourth-order valence-corrected chi connectivity index (χ4v) is 2.89. The average Bonchev–Trinajstić information content (AvgIpc) is 2.39. The molecule has 1 rings (SSSR count). The van der Waals surface area contributed by atoms with E-state index in [1.807, 2.05) is 14.0 Å². The van der Waals surface area contributed by atoms with Crippen LogP contribution in [0.25, 0.3) is 0 Å². The first-order valence-electron chi connectivity index (χ1n) is 7.71. The summed E-state index contributed by atoms with van der Waals surface area (Å²) in [6.07, 6.45) is 7.14. The molecule has 0 unspecified atom stereocenters. The molecule has 0 atom stereocenters. The van der Waals surface area contributed by atoms with Crippen LogP contribution in [0.3, 0.4) is 0 Å². The van der Waals surface area contributed by atoms with Crippen LogP contribution in [-0.4, -0.2) is 60.0 Å². The molecule has 0 aromatic rings. The highest BCUT2D eigenvalue weighted by molar-refractivity contribution is 5.79. The van der Waals surface area contributed by atoms with Crippen molar-refractivity contribution >= 4 is 11.9 Å². The van der Waals surface area contributed by atoms with Gasteiger partial charge < -0.3 is 10.0 Å². The van der Waals surface area contributed by atoms with Gasteiger partial charge in [-0.1, -0.05) is 26.2 Å². The predicted octanol–water partition coefficient (Wildman–Crippen LogP) is 1.82. The predicted molar refractivity (Wildman–Crippen MR) is 78.6 cm³/mol. The molecule has 0 radical (unpaired) electrons. The van der Waals surface area contributed by atoms with E-state index < -0.39 is 5.97 Å². The van der Waals surface area contributed by atoms with Crippen molar-refractivity contribution in [2.24, 2.45) is 5.92 Å². The highest BCUT2D eigenvalue weighted by atomic mass is 16.4. The van der Waals surface area contributed by atoms with E-state index in [0.29, 0.717) is 12.5 Å². The van der Waals surface area contributed by atoms with Gasteiger partial charge in [0, 0.05) is 13.6 Å². The van der Waals surface area contributed by atoms with E-state index >= 15 is 0 Å². The number of rotatable bonds is 8. The van der Waals surface area contributed by atoms with Crippen LogP contribution in [0.5, 0.6) is 0 Å². The summed E-state index contributed by atoms with van der Waals surface area (Å²) in [5.41, 5.74) is 0. The maximum Gasteiger partial charge on any atom is 0.317 e.